The van der Waals surface area contributed by atoms with Crippen LogP contribution in [0.2, 0.25) is 5.02 Å². The Morgan fingerprint density at radius 2 is 1.78 bits per heavy atom. The summed E-state index contributed by atoms with van der Waals surface area (Å²) in [6.07, 6.45) is 1.63. The number of halogens is 1. The van der Waals surface area contributed by atoms with E-state index in [1.807, 2.05) is 43.3 Å². The number of hydrogen-bond acceptors (Lipinski definition) is 5. The van der Waals surface area contributed by atoms with E-state index in [9.17, 15) is 4.79 Å². The Labute approximate surface area is 192 Å². The predicted octanol–water partition coefficient (Wildman–Crippen LogP) is 4.94. The summed E-state index contributed by atoms with van der Waals surface area (Å²) in [5.41, 5.74) is 6.18. The Morgan fingerprint density at radius 1 is 1.00 bits per heavy atom. The number of benzene rings is 3. The van der Waals surface area contributed by atoms with Crippen molar-refractivity contribution in [3.63, 3.8) is 0 Å². The molecule has 7 heteroatoms. The molecule has 166 valence electrons. The molecule has 6 nitrogen and oxygen atoms in total. The zero-order valence-electron chi connectivity index (χ0n) is 18.2. The quantitative estimate of drug-likeness (QED) is 0.369. The molecule has 0 saturated carbocycles. The van der Waals surface area contributed by atoms with Crippen molar-refractivity contribution < 1.29 is 19.0 Å². The van der Waals surface area contributed by atoms with Crippen molar-refractivity contribution in [1.29, 1.82) is 0 Å². The molecule has 0 radical (unpaired) electrons. The van der Waals surface area contributed by atoms with E-state index in [0.717, 1.165) is 11.1 Å². The van der Waals surface area contributed by atoms with E-state index >= 15 is 0 Å². The maximum absolute atomic E-state index is 12.2. The molecule has 0 fully saturated rings. The fraction of sp³-hybridized carbons (Fsp3) is 0.200. The summed E-state index contributed by atoms with van der Waals surface area (Å²) >= 11 is 6.16. The normalized spacial score (nSPS) is 10.8. The number of rotatable bonds is 9. The van der Waals surface area contributed by atoms with Crippen LogP contribution in [0.15, 0.2) is 65.8 Å². The number of aryl methyl sites for hydroxylation is 1. The first-order chi connectivity index (χ1) is 15.5. The number of ether oxygens (including phenoxy) is 3. The second-order valence-electron chi connectivity index (χ2n) is 7.11. The summed E-state index contributed by atoms with van der Waals surface area (Å²) < 4.78 is 16.5. The van der Waals surface area contributed by atoms with Gasteiger partial charge in [-0.3, -0.25) is 4.79 Å². The van der Waals surface area contributed by atoms with Gasteiger partial charge in [0.1, 0.15) is 12.4 Å². The van der Waals surface area contributed by atoms with Crippen LogP contribution in [-0.4, -0.2) is 26.3 Å². The zero-order valence-corrected chi connectivity index (χ0v) is 19.0. The van der Waals surface area contributed by atoms with Crippen molar-refractivity contribution in [3.8, 4) is 17.2 Å². The zero-order chi connectivity index (χ0) is 22.9. The van der Waals surface area contributed by atoms with Crippen molar-refractivity contribution in [2.45, 2.75) is 20.0 Å². The molecule has 3 rings (SSSR count). The van der Waals surface area contributed by atoms with Crippen molar-refractivity contribution in [1.82, 2.24) is 5.43 Å². The van der Waals surface area contributed by atoms with E-state index in [1.165, 1.54) is 5.56 Å². The van der Waals surface area contributed by atoms with Crippen LogP contribution in [0.25, 0.3) is 0 Å². The smallest absolute Gasteiger partial charge is 0.244 e. The van der Waals surface area contributed by atoms with E-state index in [0.29, 0.717) is 34.4 Å². The Bertz CT molecular complexity index is 1100. The summed E-state index contributed by atoms with van der Waals surface area (Å²) in [7, 11) is 3.15. The van der Waals surface area contributed by atoms with Crippen LogP contribution < -0.4 is 19.6 Å². The van der Waals surface area contributed by atoms with E-state index in [2.05, 4.69) is 10.5 Å². The molecule has 0 heterocycles. The van der Waals surface area contributed by atoms with Gasteiger partial charge in [-0.05, 0) is 60.0 Å². The summed E-state index contributed by atoms with van der Waals surface area (Å²) in [6.45, 7) is 2.45. The van der Waals surface area contributed by atoms with Crippen LogP contribution in [-0.2, 0) is 17.8 Å². The van der Waals surface area contributed by atoms with E-state index in [4.69, 9.17) is 25.8 Å². The number of carbonyl (C=O) groups is 1. The van der Waals surface area contributed by atoms with Gasteiger partial charge >= 0.3 is 0 Å². The SMILES string of the molecule is COc1ccc(Cl)c(CC(=O)N/N=C/c2ccc(OC)c(OCc3ccc(C)cc3)c2)c1. The minimum Gasteiger partial charge on any atom is -0.497 e. The lowest BCUT2D eigenvalue weighted by molar-refractivity contribution is -0.120. The van der Waals surface area contributed by atoms with Gasteiger partial charge in [-0.1, -0.05) is 41.4 Å². The van der Waals surface area contributed by atoms with Gasteiger partial charge in [0.15, 0.2) is 11.5 Å². The second kappa shape index (κ2) is 11.2. The molecule has 32 heavy (non-hydrogen) atoms. The third-order valence-corrected chi connectivity index (χ3v) is 5.08. The third kappa shape index (κ3) is 6.49. The van der Waals surface area contributed by atoms with E-state index < -0.39 is 0 Å². The Hall–Kier alpha value is -3.51. The first-order valence-corrected chi connectivity index (χ1v) is 10.4. The highest BCUT2D eigenvalue weighted by molar-refractivity contribution is 6.31. The van der Waals surface area contributed by atoms with Gasteiger partial charge in [0.25, 0.3) is 0 Å². The summed E-state index contributed by atoms with van der Waals surface area (Å²) in [4.78, 5) is 12.2. The van der Waals surface area contributed by atoms with Crippen LogP contribution in [0.1, 0.15) is 22.3 Å². The Balaban J connectivity index is 1.62. The highest BCUT2D eigenvalue weighted by Gasteiger charge is 2.09. The molecule has 0 bridgehead atoms. The molecule has 3 aromatic rings. The fourth-order valence-electron chi connectivity index (χ4n) is 2.94. The molecular weight excluding hydrogens is 428 g/mol. The summed E-state index contributed by atoms with van der Waals surface area (Å²) in [6, 6.07) is 18.7. The van der Waals surface area contributed by atoms with Crippen LogP contribution >= 0.6 is 11.6 Å². The monoisotopic (exact) mass is 452 g/mol. The number of nitrogens with zero attached hydrogens (tertiary/aromatic N) is 1. The van der Waals surface area contributed by atoms with Gasteiger partial charge in [0.2, 0.25) is 5.91 Å². The van der Waals surface area contributed by atoms with Crippen molar-refractivity contribution >= 4 is 23.7 Å². The highest BCUT2D eigenvalue weighted by atomic mass is 35.5. The number of methoxy groups -OCH3 is 2. The molecular formula is C25H25ClN2O4. The third-order valence-electron chi connectivity index (χ3n) is 4.71. The van der Waals surface area contributed by atoms with E-state index in [-0.39, 0.29) is 12.3 Å². The van der Waals surface area contributed by atoms with Crippen LogP contribution in [0.5, 0.6) is 17.2 Å². The molecule has 1 N–H and O–H groups in total. The van der Waals surface area contributed by atoms with Crippen LogP contribution in [0.3, 0.4) is 0 Å². The van der Waals surface area contributed by atoms with Gasteiger partial charge in [0.05, 0.1) is 26.9 Å². The maximum Gasteiger partial charge on any atom is 0.244 e. The lowest BCUT2D eigenvalue weighted by Crippen LogP contribution is -2.20. The lowest BCUT2D eigenvalue weighted by atomic mass is 10.1. The van der Waals surface area contributed by atoms with Gasteiger partial charge in [-0.15, -0.1) is 0 Å². The minimum absolute atomic E-state index is 0.0842. The summed E-state index contributed by atoms with van der Waals surface area (Å²) in [5.74, 6) is 1.55. The average molecular weight is 453 g/mol. The molecule has 0 aliphatic carbocycles. The lowest BCUT2D eigenvalue weighted by Gasteiger charge is -2.11. The fourth-order valence-corrected chi connectivity index (χ4v) is 3.12. The van der Waals surface area contributed by atoms with Gasteiger partial charge in [-0.2, -0.15) is 5.10 Å². The van der Waals surface area contributed by atoms with Crippen LogP contribution in [0, 0.1) is 6.92 Å². The molecule has 3 aromatic carbocycles. The molecule has 0 aromatic heterocycles. The molecule has 0 unspecified atom stereocenters. The number of nitrogens with one attached hydrogen (secondary N) is 1. The van der Waals surface area contributed by atoms with Crippen molar-refractivity contribution in [2.75, 3.05) is 14.2 Å². The standard InChI is InChI=1S/C25H25ClN2O4/c1-17-4-6-18(7-5-17)16-32-24-12-19(8-11-23(24)31-3)15-27-28-25(29)14-20-13-21(30-2)9-10-22(20)26/h4-13,15H,14,16H2,1-3H3,(H,28,29)/b27-15+. The average Bonchev–Trinajstić information content (AvgIpc) is 2.80. The topological polar surface area (TPSA) is 69.2 Å². The van der Waals surface area contributed by atoms with Gasteiger partial charge in [-0.25, -0.2) is 5.43 Å². The Morgan fingerprint density at radius 3 is 2.50 bits per heavy atom. The molecule has 0 spiro atoms. The molecule has 1 amide bonds. The van der Waals surface area contributed by atoms with Gasteiger partial charge < -0.3 is 14.2 Å². The molecule has 0 saturated heterocycles. The molecule has 0 atom stereocenters. The Kier molecular flexibility index (Phi) is 8.11. The van der Waals surface area contributed by atoms with Gasteiger partial charge in [0, 0.05) is 5.02 Å². The molecule has 0 aliphatic rings. The first-order valence-electron chi connectivity index (χ1n) is 9.99. The maximum atomic E-state index is 12.2. The van der Waals surface area contributed by atoms with Crippen molar-refractivity contribution in [3.05, 3.63) is 87.9 Å². The second-order valence-corrected chi connectivity index (χ2v) is 7.52. The molecule has 0 aliphatic heterocycles. The largest absolute Gasteiger partial charge is 0.497 e. The summed E-state index contributed by atoms with van der Waals surface area (Å²) in [5, 5.41) is 4.54. The number of amides is 1. The number of carbonyl (C=O) groups excluding carboxylic acids is 1. The first kappa shape index (κ1) is 23.2. The highest BCUT2D eigenvalue weighted by Crippen LogP contribution is 2.28. The van der Waals surface area contributed by atoms with Crippen LogP contribution in [0.4, 0.5) is 0 Å². The predicted molar refractivity (Wildman–Crippen MR) is 126 cm³/mol. The minimum atomic E-state index is -0.291. The van der Waals surface area contributed by atoms with Crippen molar-refractivity contribution in [2.24, 2.45) is 5.10 Å². The number of hydrogen-bond donors (Lipinski definition) is 1. The number of hydrazone groups is 1. The van der Waals surface area contributed by atoms with E-state index in [1.54, 1.807) is 44.7 Å².